The highest BCUT2D eigenvalue weighted by atomic mass is 16.5. The fourth-order valence-corrected chi connectivity index (χ4v) is 1.92. The number of carbonyl (C=O) groups excluding carboxylic acids is 2. The summed E-state index contributed by atoms with van der Waals surface area (Å²) < 4.78 is 4.65. The van der Waals surface area contributed by atoms with Crippen molar-refractivity contribution in [3.05, 3.63) is 35.4 Å². The quantitative estimate of drug-likeness (QED) is 0.556. The molecule has 6 heteroatoms. The number of aliphatic hydroxyl groups is 1. The van der Waals surface area contributed by atoms with Crippen LogP contribution in [-0.4, -0.2) is 48.3 Å². The van der Waals surface area contributed by atoms with Crippen molar-refractivity contribution < 1.29 is 19.4 Å². The van der Waals surface area contributed by atoms with Crippen LogP contribution in [-0.2, 0) is 16.0 Å². The Morgan fingerprint density at radius 3 is 2.45 bits per heavy atom. The lowest BCUT2D eigenvalue weighted by Gasteiger charge is -2.22. The lowest BCUT2D eigenvalue weighted by molar-refractivity contribution is -0.132. The van der Waals surface area contributed by atoms with E-state index < -0.39 is 6.10 Å². The van der Waals surface area contributed by atoms with E-state index in [0.717, 1.165) is 5.56 Å². The number of esters is 1. The third-order valence-electron chi connectivity index (χ3n) is 3.24. The maximum absolute atomic E-state index is 11.6. The van der Waals surface area contributed by atoms with Crippen molar-refractivity contribution in [2.75, 3.05) is 20.2 Å². The molecule has 0 aliphatic carbocycles. The first-order valence-electron chi connectivity index (χ1n) is 7.31. The minimum atomic E-state index is -0.396. The van der Waals surface area contributed by atoms with Gasteiger partial charge in [0.05, 0.1) is 18.8 Å². The molecule has 1 aromatic rings. The summed E-state index contributed by atoms with van der Waals surface area (Å²) in [5.74, 6) is -0.437. The van der Waals surface area contributed by atoms with Gasteiger partial charge in [0, 0.05) is 20.0 Å². The number of amides is 1. The second-order valence-corrected chi connectivity index (χ2v) is 5.15. The summed E-state index contributed by atoms with van der Waals surface area (Å²) in [7, 11) is 1.35. The highest BCUT2D eigenvalue weighted by molar-refractivity contribution is 5.89. The van der Waals surface area contributed by atoms with Gasteiger partial charge in [-0.15, -0.1) is 0 Å². The maximum atomic E-state index is 11.6. The number of hydrogen-bond donors (Lipinski definition) is 2. The molecule has 1 unspecified atom stereocenters. The Balaban J connectivity index is 2.50. The predicted octanol–water partition coefficient (Wildman–Crippen LogP) is 1.14. The van der Waals surface area contributed by atoms with E-state index in [0.29, 0.717) is 31.5 Å². The summed E-state index contributed by atoms with van der Waals surface area (Å²) in [5.41, 5.74) is 4.54. The number of aliphatic hydroxyl groups excluding tert-OH is 1. The molecule has 22 heavy (non-hydrogen) atoms. The van der Waals surface area contributed by atoms with Crippen LogP contribution in [0.1, 0.15) is 36.2 Å². The predicted molar refractivity (Wildman–Crippen MR) is 83.2 cm³/mol. The van der Waals surface area contributed by atoms with E-state index in [1.54, 1.807) is 19.1 Å². The van der Waals surface area contributed by atoms with E-state index in [1.807, 2.05) is 12.1 Å². The molecule has 0 aromatic heterocycles. The van der Waals surface area contributed by atoms with E-state index in [1.165, 1.54) is 19.0 Å². The summed E-state index contributed by atoms with van der Waals surface area (Å²) in [4.78, 5) is 22.9. The smallest absolute Gasteiger partial charge is 0.337 e. The van der Waals surface area contributed by atoms with Gasteiger partial charge in [0.25, 0.3) is 0 Å². The summed E-state index contributed by atoms with van der Waals surface area (Å²) >= 11 is 0. The van der Waals surface area contributed by atoms with Crippen LogP contribution in [0.25, 0.3) is 0 Å². The third kappa shape index (κ3) is 6.24. The average Bonchev–Trinajstić information content (AvgIpc) is 2.49. The Morgan fingerprint density at radius 1 is 1.32 bits per heavy atom. The molecular formula is C16H24N2O4. The zero-order chi connectivity index (χ0) is 16.5. The molecule has 0 saturated heterocycles. The second-order valence-electron chi connectivity index (χ2n) is 5.15. The Morgan fingerprint density at radius 2 is 1.95 bits per heavy atom. The molecule has 0 saturated carbocycles. The molecule has 0 spiro atoms. The molecule has 1 rings (SSSR count). The van der Waals surface area contributed by atoms with E-state index in [4.69, 9.17) is 0 Å². The Labute approximate surface area is 131 Å². The fraction of sp³-hybridized carbons (Fsp3) is 0.500. The molecule has 0 aliphatic heterocycles. The van der Waals surface area contributed by atoms with Crippen molar-refractivity contribution in [1.29, 1.82) is 0 Å². The summed E-state index contributed by atoms with van der Waals surface area (Å²) in [5, 5.41) is 10.8. The fourth-order valence-electron chi connectivity index (χ4n) is 1.92. The number of hydrazine groups is 1. The Hall–Kier alpha value is -1.92. The Kier molecular flexibility index (Phi) is 7.56. The lowest BCUT2D eigenvalue weighted by atomic mass is 10.1. The number of methoxy groups -OCH3 is 1. The number of nitrogens with zero attached hydrogens (tertiary/aromatic N) is 1. The molecule has 6 nitrogen and oxygen atoms in total. The van der Waals surface area contributed by atoms with Gasteiger partial charge < -0.3 is 9.84 Å². The van der Waals surface area contributed by atoms with Crippen molar-refractivity contribution in [2.24, 2.45) is 0 Å². The van der Waals surface area contributed by atoms with Gasteiger partial charge in [-0.2, -0.15) is 0 Å². The van der Waals surface area contributed by atoms with Crippen LogP contribution in [0.15, 0.2) is 24.3 Å². The lowest BCUT2D eigenvalue weighted by Crippen LogP contribution is -2.43. The summed E-state index contributed by atoms with van der Waals surface area (Å²) in [6.45, 7) is 4.27. The molecule has 1 aromatic carbocycles. The van der Waals surface area contributed by atoms with Crippen LogP contribution < -0.4 is 5.43 Å². The molecule has 1 atom stereocenters. The molecule has 0 fully saturated rings. The number of hydrogen-bond acceptors (Lipinski definition) is 5. The molecule has 0 aliphatic rings. The topological polar surface area (TPSA) is 78.9 Å². The number of benzene rings is 1. The normalized spacial score (nSPS) is 11.8. The van der Waals surface area contributed by atoms with E-state index >= 15 is 0 Å². The molecule has 2 N–H and O–H groups in total. The van der Waals surface area contributed by atoms with Gasteiger partial charge >= 0.3 is 5.97 Å². The number of rotatable bonds is 8. The largest absolute Gasteiger partial charge is 0.465 e. The van der Waals surface area contributed by atoms with Crippen molar-refractivity contribution in [1.82, 2.24) is 10.4 Å². The zero-order valence-electron chi connectivity index (χ0n) is 13.3. The van der Waals surface area contributed by atoms with Crippen molar-refractivity contribution in [3.63, 3.8) is 0 Å². The van der Waals surface area contributed by atoms with E-state index in [9.17, 15) is 14.7 Å². The van der Waals surface area contributed by atoms with Crippen LogP contribution in [0.2, 0.25) is 0 Å². The molecule has 0 radical (unpaired) electrons. The zero-order valence-corrected chi connectivity index (χ0v) is 13.3. The number of ether oxygens (including phenoxy) is 1. The van der Waals surface area contributed by atoms with Gasteiger partial charge in [-0.1, -0.05) is 12.1 Å². The van der Waals surface area contributed by atoms with Crippen molar-refractivity contribution >= 4 is 11.9 Å². The van der Waals surface area contributed by atoms with Crippen LogP contribution in [0, 0.1) is 0 Å². The highest BCUT2D eigenvalue weighted by Crippen LogP contribution is 2.07. The average molecular weight is 308 g/mol. The van der Waals surface area contributed by atoms with Crippen LogP contribution in [0.4, 0.5) is 0 Å². The van der Waals surface area contributed by atoms with Gasteiger partial charge in [0.2, 0.25) is 5.91 Å². The first kappa shape index (κ1) is 18.1. The molecule has 1 amide bonds. The molecule has 122 valence electrons. The minimum absolute atomic E-state index is 0.0724. The standard InChI is InChI=1S/C16H24N2O4/c1-12(19)8-10-17-18(13(2)20)11-9-14-4-6-15(7-5-14)16(21)22-3/h4-7,12,17,19H,8-11H2,1-3H3. The van der Waals surface area contributed by atoms with E-state index in [-0.39, 0.29) is 11.9 Å². The van der Waals surface area contributed by atoms with Crippen molar-refractivity contribution in [2.45, 2.75) is 32.8 Å². The SMILES string of the molecule is COC(=O)c1ccc(CCN(NCCC(C)O)C(C)=O)cc1. The van der Waals surface area contributed by atoms with Gasteiger partial charge in [0.15, 0.2) is 0 Å². The third-order valence-corrected chi connectivity index (χ3v) is 3.24. The number of nitrogens with one attached hydrogen (secondary N) is 1. The Bertz CT molecular complexity index is 485. The molecular weight excluding hydrogens is 284 g/mol. The van der Waals surface area contributed by atoms with Gasteiger partial charge in [-0.05, 0) is 37.5 Å². The second kappa shape index (κ2) is 9.17. The maximum Gasteiger partial charge on any atom is 0.337 e. The van der Waals surface area contributed by atoms with Crippen LogP contribution >= 0.6 is 0 Å². The van der Waals surface area contributed by atoms with Crippen molar-refractivity contribution in [3.8, 4) is 0 Å². The monoisotopic (exact) mass is 308 g/mol. The highest BCUT2D eigenvalue weighted by Gasteiger charge is 2.09. The van der Waals surface area contributed by atoms with Gasteiger partial charge in [0.1, 0.15) is 0 Å². The van der Waals surface area contributed by atoms with Crippen LogP contribution in [0.5, 0.6) is 0 Å². The summed E-state index contributed by atoms with van der Waals surface area (Å²) in [6.07, 6.45) is 0.854. The first-order chi connectivity index (χ1) is 10.4. The van der Waals surface area contributed by atoms with Crippen LogP contribution in [0.3, 0.4) is 0 Å². The first-order valence-corrected chi connectivity index (χ1v) is 7.31. The number of carbonyl (C=O) groups is 2. The molecule has 0 bridgehead atoms. The van der Waals surface area contributed by atoms with Gasteiger partial charge in [-0.3, -0.25) is 9.80 Å². The summed E-state index contributed by atoms with van der Waals surface area (Å²) in [6, 6.07) is 7.11. The van der Waals surface area contributed by atoms with Gasteiger partial charge in [-0.25, -0.2) is 10.2 Å². The van der Waals surface area contributed by atoms with E-state index in [2.05, 4.69) is 10.2 Å². The molecule has 0 heterocycles. The minimum Gasteiger partial charge on any atom is -0.465 e.